The second-order valence-corrected chi connectivity index (χ2v) is 12.3. The molecule has 0 N–H and O–H groups in total. The van der Waals surface area contributed by atoms with Gasteiger partial charge in [0.1, 0.15) is 17.5 Å². The first-order valence-corrected chi connectivity index (χ1v) is 14.9. The summed E-state index contributed by atoms with van der Waals surface area (Å²) in [5.74, 6) is 1.95. The Labute approximate surface area is 235 Å². The first-order chi connectivity index (χ1) is 18.7. The van der Waals surface area contributed by atoms with Gasteiger partial charge in [0, 0.05) is 51.4 Å². The van der Waals surface area contributed by atoms with Crippen molar-refractivity contribution in [3.8, 4) is 17.3 Å². The molecule has 7 nitrogen and oxygen atoms in total. The molecule has 1 aliphatic heterocycles. The molecule has 1 saturated heterocycles. The van der Waals surface area contributed by atoms with E-state index in [0.717, 1.165) is 50.2 Å². The van der Waals surface area contributed by atoms with Crippen molar-refractivity contribution >= 4 is 27.6 Å². The fourth-order valence-corrected chi connectivity index (χ4v) is 6.11. The highest BCUT2D eigenvalue weighted by molar-refractivity contribution is 7.17. The molecule has 1 fully saturated rings. The van der Waals surface area contributed by atoms with Crippen LogP contribution in [-0.2, 0) is 31.2 Å². The van der Waals surface area contributed by atoms with Crippen molar-refractivity contribution in [3.05, 3.63) is 59.2 Å². The van der Waals surface area contributed by atoms with Crippen molar-refractivity contribution in [1.82, 2.24) is 19.0 Å². The Balaban J connectivity index is 1.13. The molecule has 4 aromatic rings. The Morgan fingerprint density at radius 2 is 1.87 bits per heavy atom. The summed E-state index contributed by atoms with van der Waals surface area (Å²) in [6.45, 7) is 10.1. The number of aryl methyl sites for hydroxylation is 3. The van der Waals surface area contributed by atoms with E-state index in [1.807, 2.05) is 27.0 Å². The summed E-state index contributed by atoms with van der Waals surface area (Å²) in [7, 11) is 2.13. The number of benzene rings is 1. The van der Waals surface area contributed by atoms with Crippen LogP contribution in [0.15, 0.2) is 48.0 Å². The number of nitrogens with zero attached hydrogens (tertiary/aromatic N) is 4. The highest BCUT2D eigenvalue weighted by atomic mass is 32.1. The number of fused-ring (bicyclic) bond motifs is 1. The summed E-state index contributed by atoms with van der Waals surface area (Å²) in [5, 5.41) is 2.14. The standard InChI is InChI=1S/C31H40N4O3S/c1-6-23-21-32-29(27-20-28-26(33(27)5)15-19-39-28)35(23)16-7-8-22-9-11-24(12-10-22)37-25-13-17-34(18-14-25)30(36)38-31(2,3)4/h9-12,15,19-21,25H,6-8,13-14,16-18H2,1-5H3. The molecule has 39 heavy (non-hydrogen) atoms. The van der Waals surface area contributed by atoms with Gasteiger partial charge in [-0.2, -0.15) is 0 Å². The number of ether oxygens (including phenoxy) is 2. The van der Waals surface area contributed by atoms with Gasteiger partial charge in [-0.25, -0.2) is 9.78 Å². The van der Waals surface area contributed by atoms with Gasteiger partial charge in [-0.1, -0.05) is 19.1 Å². The van der Waals surface area contributed by atoms with Crippen LogP contribution in [0.1, 0.15) is 58.2 Å². The molecule has 3 aromatic heterocycles. The van der Waals surface area contributed by atoms with Crippen molar-refractivity contribution in [2.75, 3.05) is 13.1 Å². The van der Waals surface area contributed by atoms with Gasteiger partial charge in [-0.05, 0) is 75.2 Å². The SMILES string of the molecule is CCc1cnc(-c2cc3sccc3n2C)n1CCCc1ccc(OC2CCN(C(=O)OC(C)(C)C)CC2)cc1. The molecular formula is C31H40N4O3S. The summed E-state index contributed by atoms with van der Waals surface area (Å²) < 4.78 is 17.7. The van der Waals surface area contributed by atoms with Gasteiger partial charge >= 0.3 is 6.09 Å². The number of carbonyl (C=O) groups excluding carboxylic acids is 1. The third kappa shape index (κ3) is 6.32. The van der Waals surface area contributed by atoms with Crippen LogP contribution in [0.4, 0.5) is 4.79 Å². The van der Waals surface area contributed by atoms with Crippen molar-refractivity contribution in [3.63, 3.8) is 0 Å². The molecule has 0 spiro atoms. The number of likely N-dealkylation sites (tertiary alicyclic amines) is 1. The maximum Gasteiger partial charge on any atom is 0.410 e. The van der Waals surface area contributed by atoms with Crippen LogP contribution in [0.2, 0.25) is 0 Å². The molecule has 208 valence electrons. The number of aromatic nitrogens is 3. The van der Waals surface area contributed by atoms with Gasteiger partial charge in [-0.15, -0.1) is 11.3 Å². The van der Waals surface area contributed by atoms with Crippen LogP contribution < -0.4 is 4.74 Å². The highest BCUT2D eigenvalue weighted by Gasteiger charge is 2.27. The third-order valence-corrected chi connectivity index (χ3v) is 8.21. The monoisotopic (exact) mass is 548 g/mol. The minimum Gasteiger partial charge on any atom is -0.490 e. The number of hydrogen-bond acceptors (Lipinski definition) is 5. The number of thiophene rings is 1. The van der Waals surface area contributed by atoms with E-state index in [2.05, 4.69) is 64.9 Å². The van der Waals surface area contributed by atoms with Gasteiger partial charge < -0.3 is 23.5 Å². The Bertz CT molecular complexity index is 1400. The van der Waals surface area contributed by atoms with Crippen LogP contribution in [0.5, 0.6) is 5.75 Å². The number of imidazole rings is 1. The molecule has 0 atom stereocenters. The third-order valence-electron chi connectivity index (χ3n) is 7.36. The minimum atomic E-state index is -0.468. The normalized spacial score (nSPS) is 14.7. The topological polar surface area (TPSA) is 61.5 Å². The first kappa shape index (κ1) is 27.3. The first-order valence-electron chi connectivity index (χ1n) is 14.0. The fraction of sp³-hybridized carbons (Fsp3) is 0.484. The number of hydrogen-bond donors (Lipinski definition) is 0. The second-order valence-electron chi connectivity index (χ2n) is 11.4. The molecule has 4 heterocycles. The van der Waals surface area contributed by atoms with E-state index >= 15 is 0 Å². The van der Waals surface area contributed by atoms with Crippen LogP contribution in [0.25, 0.3) is 21.7 Å². The molecule has 1 aromatic carbocycles. The van der Waals surface area contributed by atoms with E-state index in [9.17, 15) is 4.79 Å². The lowest BCUT2D eigenvalue weighted by molar-refractivity contribution is 0.0126. The van der Waals surface area contributed by atoms with Crippen molar-refractivity contribution < 1.29 is 14.3 Å². The van der Waals surface area contributed by atoms with Crippen LogP contribution in [0, 0.1) is 0 Å². The van der Waals surface area contributed by atoms with E-state index in [1.165, 1.54) is 27.2 Å². The van der Waals surface area contributed by atoms with Crippen molar-refractivity contribution in [2.45, 2.75) is 78.0 Å². The zero-order chi connectivity index (χ0) is 27.6. The average molecular weight is 549 g/mol. The van der Waals surface area contributed by atoms with Gasteiger partial charge in [0.05, 0.1) is 15.9 Å². The largest absolute Gasteiger partial charge is 0.490 e. The van der Waals surface area contributed by atoms with Crippen LogP contribution >= 0.6 is 11.3 Å². The summed E-state index contributed by atoms with van der Waals surface area (Å²) in [5.41, 5.74) is 4.55. The van der Waals surface area contributed by atoms with E-state index < -0.39 is 5.60 Å². The van der Waals surface area contributed by atoms with Gasteiger partial charge in [0.15, 0.2) is 5.82 Å². The zero-order valence-corrected chi connectivity index (χ0v) is 24.6. The molecule has 0 unspecified atom stereocenters. The molecular weight excluding hydrogens is 508 g/mol. The Hall–Kier alpha value is -3.26. The van der Waals surface area contributed by atoms with Gasteiger partial charge in [0.25, 0.3) is 0 Å². The molecule has 0 aliphatic carbocycles. The smallest absolute Gasteiger partial charge is 0.410 e. The summed E-state index contributed by atoms with van der Waals surface area (Å²) in [6, 6.07) is 12.9. The van der Waals surface area contributed by atoms with E-state index in [1.54, 1.807) is 16.2 Å². The number of piperidine rings is 1. The highest BCUT2D eigenvalue weighted by Crippen LogP contribution is 2.31. The molecule has 8 heteroatoms. The predicted molar refractivity (Wildman–Crippen MR) is 158 cm³/mol. The summed E-state index contributed by atoms with van der Waals surface area (Å²) in [4.78, 5) is 18.9. The molecule has 1 amide bonds. The maximum atomic E-state index is 12.3. The number of rotatable bonds is 8. The molecule has 0 bridgehead atoms. The lowest BCUT2D eigenvalue weighted by Crippen LogP contribution is -2.44. The average Bonchev–Trinajstić information content (AvgIpc) is 3.60. The molecule has 5 rings (SSSR count). The van der Waals surface area contributed by atoms with Crippen molar-refractivity contribution in [2.24, 2.45) is 7.05 Å². The van der Waals surface area contributed by atoms with Gasteiger partial charge in [-0.3, -0.25) is 0 Å². The van der Waals surface area contributed by atoms with Crippen LogP contribution in [-0.4, -0.2) is 49.9 Å². The molecule has 0 radical (unpaired) electrons. The second kappa shape index (κ2) is 11.5. The Kier molecular flexibility index (Phi) is 8.03. The summed E-state index contributed by atoms with van der Waals surface area (Å²) >= 11 is 1.78. The Morgan fingerprint density at radius 3 is 2.54 bits per heavy atom. The van der Waals surface area contributed by atoms with E-state index in [4.69, 9.17) is 14.5 Å². The molecule has 0 saturated carbocycles. The predicted octanol–water partition coefficient (Wildman–Crippen LogP) is 7.08. The number of carbonyl (C=O) groups is 1. The molecule has 1 aliphatic rings. The van der Waals surface area contributed by atoms with Crippen LogP contribution in [0.3, 0.4) is 0 Å². The minimum absolute atomic E-state index is 0.120. The quantitative estimate of drug-likeness (QED) is 0.236. The number of amides is 1. The summed E-state index contributed by atoms with van der Waals surface area (Å²) in [6.07, 6.45) is 6.54. The van der Waals surface area contributed by atoms with E-state index in [0.29, 0.717) is 13.1 Å². The fourth-order valence-electron chi connectivity index (χ4n) is 5.26. The zero-order valence-electron chi connectivity index (χ0n) is 23.8. The van der Waals surface area contributed by atoms with Crippen molar-refractivity contribution in [1.29, 1.82) is 0 Å². The lowest BCUT2D eigenvalue weighted by Gasteiger charge is -2.33. The Morgan fingerprint density at radius 1 is 1.13 bits per heavy atom. The lowest BCUT2D eigenvalue weighted by atomic mass is 10.1. The van der Waals surface area contributed by atoms with E-state index in [-0.39, 0.29) is 12.2 Å². The van der Waals surface area contributed by atoms with Gasteiger partial charge in [0.2, 0.25) is 0 Å². The maximum absolute atomic E-state index is 12.3.